The molecule has 1 rings (SSSR count). The summed E-state index contributed by atoms with van der Waals surface area (Å²) >= 11 is 3.35. The maximum atomic E-state index is 12.2. The predicted molar refractivity (Wildman–Crippen MR) is 86.9 cm³/mol. The van der Waals surface area contributed by atoms with Crippen molar-refractivity contribution < 1.29 is 9.53 Å². The van der Waals surface area contributed by atoms with Crippen molar-refractivity contribution in [2.45, 2.75) is 59.0 Å². The average molecular weight is 342 g/mol. The molecule has 0 amide bonds. The van der Waals surface area contributed by atoms with Gasteiger partial charge in [-0.1, -0.05) is 42.1 Å². The molecular weight excluding hydrogens is 318 g/mol. The van der Waals surface area contributed by atoms with Gasteiger partial charge in [-0.2, -0.15) is 0 Å². The van der Waals surface area contributed by atoms with Gasteiger partial charge in [-0.3, -0.25) is 0 Å². The number of esters is 1. The molecule has 1 unspecified atom stereocenters. The summed E-state index contributed by atoms with van der Waals surface area (Å²) in [5.74, 6) is -0.293. The van der Waals surface area contributed by atoms with Gasteiger partial charge in [-0.25, -0.2) is 4.79 Å². The summed E-state index contributed by atoms with van der Waals surface area (Å²) in [5.41, 5.74) is 7.78. The molecule has 0 spiro atoms. The number of anilines is 1. The molecule has 112 valence electrons. The zero-order valence-corrected chi connectivity index (χ0v) is 14.1. The number of carbonyl (C=O) groups excluding carboxylic acids is 1. The van der Waals surface area contributed by atoms with Crippen LogP contribution in [0.2, 0.25) is 0 Å². The van der Waals surface area contributed by atoms with Crippen molar-refractivity contribution in [1.82, 2.24) is 0 Å². The average Bonchev–Trinajstić information content (AvgIpc) is 2.38. The Morgan fingerprint density at radius 2 is 2.05 bits per heavy atom. The molecule has 0 fully saturated rings. The smallest absolute Gasteiger partial charge is 0.338 e. The van der Waals surface area contributed by atoms with Crippen LogP contribution in [0, 0.1) is 6.92 Å². The van der Waals surface area contributed by atoms with Crippen LogP contribution in [0.3, 0.4) is 0 Å². The molecule has 0 saturated heterocycles. The minimum atomic E-state index is -0.293. The van der Waals surface area contributed by atoms with Gasteiger partial charge < -0.3 is 10.5 Å². The summed E-state index contributed by atoms with van der Waals surface area (Å²) in [6, 6.07) is 3.55. The third-order valence-corrected chi connectivity index (χ3v) is 3.86. The van der Waals surface area contributed by atoms with E-state index in [2.05, 4.69) is 22.9 Å². The number of carbonyl (C=O) groups is 1. The topological polar surface area (TPSA) is 52.3 Å². The molecule has 1 aromatic carbocycles. The first kappa shape index (κ1) is 17.0. The van der Waals surface area contributed by atoms with Gasteiger partial charge in [0, 0.05) is 10.2 Å². The monoisotopic (exact) mass is 341 g/mol. The van der Waals surface area contributed by atoms with E-state index < -0.39 is 0 Å². The number of rotatable bonds is 7. The Morgan fingerprint density at radius 1 is 1.35 bits per heavy atom. The quantitative estimate of drug-likeness (QED) is 0.438. The van der Waals surface area contributed by atoms with Crippen molar-refractivity contribution in [2.75, 3.05) is 5.73 Å². The van der Waals surface area contributed by atoms with Crippen molar-refractivity contribution in [3.8, 4) is 0 Å². The van der Waals surface area contributed by atoms with Crippen LogP contribution in [0.15, 0.2) is 16.6 Å². The number of nitrogens with two attached hydrogens (primary N) is 1. The second kappa shape index (κ2) is 8.30. The molecule has 0 aliphatic carbocycles. The molecule has 0 saturated carbocycles. The van der Waals surface area contributed by atoms with E-state index >= 15 is 0 Å². The van der Waals surface area contributed by atoms with E-state index in [-0.39, 0.29) is 12.1 Å². The molecule has 2 N–H and O–H groups in total. The number of halogens is 1. The summed E-state index contributed by atoms with van der Waals surface area (Å²) in [6.07, 6.45) is 5.60. The molecule has 1 aromatic rings. The number of unbranched alkanes of at least 4 members (excludes halogenated alkanes) is 3. The summed E-state index contributed by atoms with van der Waals surface area (Å²) in [5, 5.41) is 0. The standard InChI is InChI=1S/C16H24BrNO2/c1-4-5-6-7-8-11(2)20-16(19)14-9-13(17)10-15(18)12(14)3/h9-11H,4-8,18H2,1-3H3. The molecular formula is C16H24BrNO2. The van der Waals surface area contributed by atoms with Crippen molar-refractivity contribution in [2.24, 2.45) is 0 Å². The Hall–Kier alpha value is -1.03. The zero-order valence-electron chi connectivity index (χ0n) is 12.5. The molecule has 1 atom stereocenters. The largest absolute Gasteiger partial charge is 0.459 e. The van der Waals surface area contributed by atoms with E-state index in [1.54, 1.807) is 12.1 Å². The van der Waals surface area contributed by atoms with E-state index in [4.69, 9.17) is 10.5 Å². The fourth-order valence-corrected chi connectivity index (χ4v) is 2.55. The molecule has 4 heteroatoms. The minimum Gasteiger partial charge on any atom is -0.459 e. The van der Waals surface area contributed by atoms with Crippen molar-refractivity contribution >= 4 is 27.6 Å². The Balaban J connectivity index is 2.58. The number of nitrogen functional groups attached to an aromatic ring is 1. The second-order valence-corrected chi connectivity index (χ2v) is 6.15. The zero-order chi connectivity index (χ0) is 15.1. The highest BCUT2D eigenvalue weighted by molar-refractivity contribution is 9.10. The molecule has 0 bridgehead atoms. The molecule has 20 heavy (non-hydrogen) atoms. The van der Waals surface area contributed by atoms with Gasteiger partial charge in [0.15, 0.2) is 0 Å². The van der Waals surface area contributed by atoms with E-state index in [9.17, 15) is 4.79 Å². The normalized spacial score (nSPS) is 12.2. The lowest BCUT2D eigenvalue weighted by molar-refractivity contribution is 0.0318. The summed E-state index contributed by atoms with van der Waals surface area (Å²) in [6.45, 7) is 5.97. The fourth-order valence-electron chi connectivity index (χ4n) is 2.08. The highest BCUT2D eigenvalue weighted by atomic mass is 79.9. The van der Waals surface area contributed by atoms with Crippen LogP contribution in [0.5, 0.6) is 0 Å². The van der Waals surface area contributed by atoms with Gasteiger partial charge in [0.25, 0.3) is 0 Å². The Bertz CT molecular complexity index is 460. The highest BCUT2D eigenvalue weighted by Gasteiger charge is 2.16. The summed E-state index contributed by atoms with van der Waals surface area (Å²) in [4.78, 5) is 12.2. The third kappa shape index (κ3) is 5.16. The lowest BCUT2D eigenvalue weighted by Crippen LogP contribution is -2.16. The van der Waals surface area contributed by atoms with Gasteiger partial charge in [0.05, 0.1) is 11.7 Å². The Kier molecular flexibility index (Phi) is 7.06. The number of ether oxygens (including phenoxy) is 1. The minimum absolute atomic E-state index is 0.0565. The fraction of sp³-hybridized carbons (Fsp3) is 0.562. The van der Waals surface area contributed by atoms with Crippen LogP contribution in [-0.2, 0) is 4.74 Å². The van der Waals surface area contributed by atoms with Gasteiger partial charge in [-0.05, 0) is 44.4 Å². The molecule has 0 radical (unpaired) electrons. The van der Waals surface area contributed by atoms with Crippen LogP contribution in [0.1, 0.15) is 61.9 Å². The van der Waals surface area contributed by atoms with Crippen molar-refractivity contribution in [3.05, 3.63) is 27.7 Å². The van der Waals surface area contributed by atoms with Crippen LogP contribution >= 0.6 is 15.9 Å². The number of hydrogen-bond donors (Lipinski definition) is 1. The van der Waals surface area contributed by atoms with Crippen LogP contribution in [-0.4, -0.2) is 12.1 Å². The van der Waals surface area contributed by atoms with E-state index in [0.29, 0.717) is 11.3 Å². The third-order valence-electron chi connectivity index (χ3n) is 3.40. The van der Waals surface area contributed by atoms with Gasteiger partial charge in [0.1, 0.15) is 0 Å². The maximum Gasteiger partial charge on any atom is 0.338 e. The van der Waals surface area contributed by atoms with E-state index in [1.165, 1.54) is 19.3 Å². The lowest BCUT2D eigenvalue weighted by Gasteiger charge is -2.15. The van der Waals surface area contributed by atoms with Gasteiger partial charge in [0.2, 0.25) is 0 Å². The van der Waals surface area contributed by atoms with Gasteiger partial charge >= 0.3 is 5.97 Å². The van der Waals surface area contributed by atoms with Crippen LogP contribution < -0.4 is 5.73 Å². The number of hydrogen-bond acceptors (Lipinski definition) is 3. The van der Waals surface area contributed by atoms with Crippen LogP contribution in [0.4, 0.5) is 5.69 Å². The Morgan fingerprint density at radius 3 is 2.70 bits per heavy atom. The van der Waals surface area contributed by atoms with Crippen molar-refractivity contribution in [3.63, 3.8) is 0 Å². The highest BCUT2D eigenvalue weighted by Crippen LogP contribution is 2.24. The lowest BCUT2D eigenvalue weighted by atomic mass is 10.1. The first-order chi connectivity index (χ1) is 9.45. The molecule has 3 nitrogen and oxygen atoms in total. The summed E-state index contributed by atoms with van der Waals surface area (Å²) in [7, 11) is 0. The van der Waals surface area contributed by atoms with E-state index in [1.807, 2.05) is 13.8 Å². The molecule has 0 aliphatic rings. The molecule has 0 aliphatic heterocycles. The van der Waals surface area contributed by atoms with E-state index in [0.717, 1.165) is 22.9 Å². The molecule has 0 heterocycles. The van der Waals surface area contributed by atoms with Crippen molar-refractivity contribution in [1.29, 1.82) is 0 Å². The Labute approximate surface area is 130 Å². The first-order valence-electron chi connectivity index (χ1n) is 7.22. The maximum absolute atomic E-state index is 12.2. The SMILES string of the molecule is CCCCCCC(C)OC(=O)c1cc(Br)cc(N)c1C. The summed E-state index contributed by atoms with van der Waals surface area (Å²) < 4.78 is 6.29. The van der Waals surface area contributed by atoms with Gasteiger partial charge in [-0.15, -0.1) is 0 Å². The number of benzene rings is 1. The second-order valence-electron chi connectivity index (χ2n) is 5.23. The molecule has 0 aromatic heterocycles. The predicted octanol–water partition coefficient (Wildman–Crippen LogP) is 4.86. The first-order valence-corrected chi connectivity index (χ1v) is 8.01. The van der Waals surface area contributed by atoms with Crippen LogP contribution in [0.25, 0.3) is 0 Å².